The third-order valence-electron chi connectivity index (χ3n) is 3.79. The first-order chi connectivity index (χ1) is 9.83. The van der Waals surface area contributed by atoms with Crippen molar-refractivity contribution >= 4 is 10.8 Å². The fraction of sp³-hybridized carbons (Fsp3) is 0.412. The van der Waals surface area contributed by atoms with Crippen LogP contribution in [0.2, 0.25) is 0 Å². The largest absolute Gasteiger partial charge is 0.349 e. The Morgan fingerprint density at radius 2 is 1.80 bits per heavy atom. The second kappa shape index (κ2) is 6.35. The molecule has 106 valence electrons. The SMILES string of the molecule is CN(CCc1cccc2ccccc12)CC1OCCO1. The molecule has 1 heterocycles. The van der Waals surface area contributed by atoms with E-state index in [2.05, 4.69) is 54.4 Å². The Morgan fingerprint density at radius 3 is 2.65 bits per heavy atom. The van der Waals surface area contributed by atoms with Crippen LogP contribution in [0.25, 0.3) is 10.8 Å². The molecule has 1 fully saturated rings. The summed E-state index contributed by atoms with van der Waals surface area (Å²) in [6.07, 6.45) is 0.998. The number of fused-ring (bicyclic) bond motifs is 1. The average Bonchev–Trinajstić information content (AvgIpc) is 2.98. The molecule has 20 heavy (non-hydrogen) atoms. The summed E-state index contributed by atoms with van der Waals surface area (Å²) in [6.45, 7) is 3.30. The van der Waals surface area contributed by atoms with Crippen LogP contribution >= 0.6 is 0 Å². The van der Waals surface area contributed by atoms with E-state index >= 15 is 0 Å². The zero-order chi connectivity index (χ0) is 13.8. The van der Waals surface area contributed by atoms with E-state index in [1.54, 1.807) is 0 Å². The maximum atomic E-state index is 5.48. The predicted octanol–water partition coefficient (Wildman–Crippen LogP) is 2.69. The van der Waals surface area contributed by atoms with Crippen LogP contribution in [0.3, 0.4) is 0 Å². The van der Waals surface area contributed by atoms with Gasteiger partial charge in [-0.25, -0.2) is 0 Å². The summed E-state index contributed by atoms with van der Waals surface area (Å²) in [4.78, 5) is 2.28. The standard InChI is InChI=1S/C17H21NO2/c1-18(13-17-19-11-12-20-17)10-9-15-7-4-6-14-5-2-3-8-16(14)15/h2-8,17H,9-13H2,1H3. The molecule has 0 saturated carbocycles. The smallest absolute Gasteiger partial charge is 0.170 e. The molecule has 0 bridgehead atoms. The molecule has 3 nitrogen and oxygen atoms in total. The van der Waals surface area contributed by atoms with Crippen LogP contribution in [0, 0.1) is 0 Å². The van der Waals surface area contributed by atoms with E-state index < -0.39 is 0 Å². The predicted molar refractivity (Wildman–Crippen MR) is 80.8 cm³/mol. The fourth-order valence-corrected chi connectivity index (χ4v) is 2.68. The average molecular weight is 271 g/mol. The summed E-state index contributed by atoms with van der Waals surface area (Å²) < 4.78 is 11.0. The molecular weight excluding hydrogens is 250 g/mol. The summed E-state index contributed by atoms with van der Waals surface area (Å²) in [5.41, 5.74) is 1.41. The van der Waals surface area contributed by atoms with Crippen molar-refractivity contribution in [3.05, 3.63) is 48.0 Å². The van der Waals surface area contributed by atoms with Gasteiger partial charge in [-0.15, -0.1) is 0 Å². The van der Waals surface area contributed by atoms with Crippen LogP contribution in [-0.4, -0.2) is 44.5 Å². The van der Waals surface area contributed by atoms with Crippen LogP contribution in [0.5, 0.6) is 0 Å². The van der Waals surface area contributed by atoms with Gasteiger partial charge in [0.15, 0.2) is 6.29 Å². The van der Waals surface area contributed by atoms with E-state index in [1.165, 1.54) is 16.3 Å². The molecule has 0 spiro atoms. The lowest BCUT2D eigenvalue weighted by Crippen LogP contribution is -2.31. The first kappa shape index (κ1) is 13.6. The van der Waals surface area contributed by atoms with E-state index in [0.29, 0.717) is 0 Å². The first-order valence-corrected chi connectivity index (χ1v) is 7.21. The van der Waals surface area contributed by atoms with Gasteiger partial charge in [-0.1, -0.05) is 42.5 Å². The van der Waals surface area contributed by atoms with Gasteiger partial charge in [0.2, 0.25) is 0 Å². The minimum absolute atomic E-state index is 0.0486. The van der Waals surface area contributed by atoms with Crippen LogP contribution in [0.4, 0.5) is 0 Å². The molecule has 0 unspecified atom stereocenters. The lowest BCUT2D eigenvalue weighted by Gasteiger charge is -2.20. The van der Waals surface area contributed by atoms with Gasteiger partial charge in [0.05, 0.1) is 13.2 Å². The zero-order valence-corrected chi connectivity index (χ0v) is 11.9. The lowest BCUT2D eigenvalue weighted by atomic mass is 10.0. The molecule has 0 aromatic heterocycles. The van der Waals surface area contributed by atoms with Crippen LogP contribution in [0.1, 0.15) is 5.56 Å². The van der Waals surface area contributed by atoms with Gasteiger partial charge in [0.1, 0.15) is 0 Å². The summed E-state index contributed by atoms with van der Waals surface area (Å²) in [5.74, 6) is 0. The molecule has 1 aliphatic heterocycles. The highest BCUT2D eigenvalue weighted by atomic mass is 16.7. The molecule has 3 heteroatoms. The lowest BCUT2D eigenvalue weighted by molar-refractivity contribution is -0.0579. The Bertz CT molecular complexity index is 558. The molecule has 2 aromatic carbocycles. The Labute approximate surface area is 120 Å². The normalized spacial score (nSPS) is 16.3. The number of nitrogens with zero attached hydrogens (tertiary/aromatic N) is 1. The van der Waals surface area contributed by atoms with Crippen molar-refractivity contribution in [1.82, 2.24) is 4.90 Å². The highest BCUT2D eigenvalue weighted by molar-refractivity contribution is 5.85. The van der Waals surface area contributed by atoms with Gasteiger partial charge in [-0.2, -0.15) is 0 Å². The van der Waals surface area contributed by atoms with E-state index in [0.717, 1.165) is 32.7 Å². The Balaban J connectivity index is 1.61. The Hall–Kier alpha value is -1.42. The topological polar surface area (TPSA) is 21.7 Å². The molecule has 1 saturated heterocycles. The van der Waals surface area contributed by atoms with Crippen LogP contribution < -0.4 is 0 Å². The van der Waals surface area contributed by atoms with E-state index in [9.17, 15) is 0 Å². The van der Waals surface area contributed by atoms with Gasteiger partial charge < -0.3 is 14.4 Å². The summed E-state index contributed by atoms with van der Waals surface area (Å²) in [5, 5.41) is 2.67. The van der Waals surface area contributed by atoms with Crippen LogP contribution in [0.15, 0.2) is 42.5 Å². The number of rotatable bonds is 5. The molecule has 3 rings (SSSR count). The number of likely N-dealkylation sites (N-methyl/N-ethyl adjacent to an activating group) is 1. The minimum atomic E-state index is -0.0486. The molecule has 0 radical (unpaired) electrons. The van der Waals surface area contributed by atoms with Crippen LogP contribution in [-0.2, 0) is 15.9 Å². The van der Waals surface area contributed by atoms with E-state index in [4.69, 9.17) is 9.47 Å². The van der Waals surface area contributed by atoms with Crippen molar-refractivity contribution in [3.8, 4) is 0 Å². The third kappa shape index (κ3) is 3.18. The van der Waals surface area contributed by atoms with E-state index in [-0.39, 0.29) is 6.29 Å². The second-order valence-electron chi connectivity index (χ2n) is 5.32. The minimum Gasteiger partial charge on any atom is -0.349 e. The monoisotopic (exact) mass is 271 g/mol. The van der Waals surface area contributed by atoms with Gasteiger partial charge in [0, 0.05) is 13.1 Å². The first-order valence-electron chi connectivity index (χ1n) is 7.21. The molecule has 0 amide bonds. The van der Waals surface area contributed by atoms with Crippen molar-refractivity contribution in [2.45, 2.75) is 12.7 Å². The van der Waals surface area contributed by atoms with E-state index in [1.807, 2.05) is 0 Å². The maximum Gasteiger partial charge on any atom is 0.170 e. The highest BCUT2D eigenvalue weighted by Crippen LogP contribution is 2.19. The molecule has 2 aromatic rings. The van der Waals surface area contributed by atoms with Gasteiger partial charge in [0.25, 0.3) is 0 Å². The number of hydrogen-bond donors (Lipinski definition) is 0. The second-order valence-corrected chi connectivity index (χ2v) is 5.32. The van der Waals surface area contributed by atoms with Crippen molar-refractivity contribution in [1.29, 1.82) is 0 Å². The Kier molecular flexibility index (Phi) is 4.31. The third-order valence-corrected chi connectivity index (χ3v) is 3.79. The summed E-state index contributed by atoms with van der Waals surface area (Å²) >= 11 is 0. The van der Waals surface area contributed by atoms with Gasteiger partial charge >= 0.3 is 0 Å². The molecule has 0 N–H and O–H groups in total. The zero-order valence-electron chi connectivity index (χ0n) is 11.9. The van der Waals surface area contributed by atoms with Crippen molar-refractivity contribution in [2.75, 3.05) is 33.4 Å². The fourth-order valence-electron chi connectivity index (χ4n) is 2.68. The highest BCUT2D eigenvalue weighted by Gasteiger charge is 2.17. The molecular formula is C17H21NO2. The van der Waals surface area contributed by atoms with Crippen molar-refractivity contribution in [2.24, 2.45) is 0 Å². The van der Waals surface area contributed by atoms with Crippen molar-refractivity contribution in [3.63, 3.8) is 0 Å². The number of ether oxygens (including phenoxy) is 2. The Morgan fingerprint density at radius 1 is 1.05 bits per heavy atom. The van der Waals surface area contributed by atoms with Gasteiger partial charge in [-0.05, 0) is 29.8 Å². The quantitative estimate of drug-likeness (QED) is 0.834. The summed E-state index contributed by atoms with van der Waals surface area (Å²) in [6, 6.07) is 15.1. The molecule has 1 aliphatic rings. The maximum absolute atomic E-state index is 5.48. The summed E-state index contributed by atoms with van der Waals surface area (Å²) in [7, 11) is 2.12. The number of benzene rings is 2. The number of hydrogen-bond acceptors (Lipinski definition) is 3. The molecule has 0 aliphatic carbocycles. The van der Waals surface area contributed by atoms with Gasteiger partial charge in [-0.3, -0.25) is 0 Å². The van der Waals surface area contributed by atoms with Crippen molar-refractivity contribution < 1.29 is 9.47 Å². The molecule has 0 atom stereocenters.